The Kier molecular flexibility index (Phi) is 5.86. The van der Waals surface area contributed by atoms with Crippen molar-refractivity contribution in [3.8, 4) is 0 Å². The van der Waals surface area contributed by atoms with Crippen molar-refractivity contribution in [2.45, 2.75) is 16.8 Å². The number of sulfone groups is 1. The highest BCUT2D eigenvalue weighted by molar-refractivity contribution is 7.91. The predicted molar refractivity (Wildman–Crippen MR) is 71.8 cm³/mol. The Bertz CT molecular complexity index is 668. The van der Waals surface area contributed by atoms with Gasteiger partial charge in [-0.05, 0) is 24.3 Å². The minimum atomic E-state index is -4.83. The highest BCUT2D eigenvalue weighted by Gasteiger charge is 2.33. The molecular formula is C13H12F5NO3S. The first-order valence-corrected chi connectivity index (χ1v) is 7.62. The van der Waals surface area contributed by atoms with Crippen LogP contribution >= 0.6 is 0 Å². The zero-order chi connectivity index (χ0) is 17.8. The van der Waals surface area contributed by atoms with Gasteiger partial charge in [0.1, 0.15) is 6.54 Å². The molecule has 1 rings (SSSR count). The maximum Gasteiger partial charge on any atom is 0.406 e. The second kappa shape index (κ2) is 7.07. The molecule has 23 heavy (non-hydrogen) atoms. The fourth-order valence-corrected chi connectivity index (χ4v) is 2.39. The summed E-state index contributed by atoms with van der Waals surface area (Å²) >= 11 is 0. The van der Waals surface area contributed by atoms with Gasteiger partial charge in [0.2, 0.25) is 9.84 Å². The average molecular weight is 357 g/mol. The van der Waals surface area contributed by atoms with Gasteiger partial charge in [-0.25, -0.2) is 8.42 Å². The number of halogens is 5. The van der Waals surface area contributed by atoms with Crippen LogP contribution in [-0.4, -0.2) is 44.2 Å². The van der Waals surface area contributed by atoms with Crippen molar-refractivity contribution >= 4 is 15.7 Å². The van der Waals surface area contributed by atoms with Crippen LogP contribution in [0.5, 0.6) is 0 Å². The third-order valence-corrected chi connectivity index (χ3v) is 4.07. The Morgan fingerprint density at radius 2 is 1.74 bits per heavy atom. The van der Waals surface area contributed by atoms with Crippen LogP contribution in [0.25, 0.3) is 0 Å². The van der Waals surface area contributed by atoms with Crippen molar-refractivity contribution in [3.05, 3.63) is 42.5 Å². The highest BCUT2D eigenvalue weighted by atomic mass is 32.2. The summed E-state index contributed by atoms with van der Waals surface area (Å²) < 4.78 is 84.5. The first-order chi connectivity index (χ1) is 10.5. The Labute approximate surface area is 129 Å². The van der Waals surface area contributed by atoms with Crippen LogP contribution < -0.4 is 0 Å². The maximum atomic E-state index is 12.4. The minimum absolute atomic E-state index is 0.260. The summed E-state index contributed by atoms with van der Waals surface area (Å²) in [4.78, 5) is 11.7. The Morgan fingerprint density at radius 3 is 2.13 bits per heavy atom. The third kappa shape index (κ3) is 5.02. The lowest BCUT2D eigenvalue weighted by Crippen LogP contribution is -2.39. The van der Waals surface area contributed by atoms with E-state index in [4.69, 9.17) is 0 Å². The van der Waals surface area contributed by atoms with Crippen LogP contribution in [0, 0.1) is 0 Å². The van der Waals surface area contributed by atoms with Crippen molar-refractivity contribution in [1.29, 1.82) is 0 Å². The maximum absolute atomic E-state index is 12.4. The van der Waals surface area contributed by atoms with Crippen LogP contribution in [0.4, 0.5) is 22.0 Å². The summed E-state index contributed by atoms with van der Waals surface area (Å²) in [5.74, 6) is -4.66. The van der Waals surface area contributed by atoms with Gasteiger partial charge in [-0.1, -0.05) is 6.08 Å². The molecule has 0 aliphatic carbocycles. The summed E-state index contributed by atoms with van der Waals surface area (Å²) in [6.07, 6.45) is -3.53. The topological polar surface area (TPSA) is 54.5 Å². The molecule has 0 fully saturated rings. The van der Waals surface area contributed by atoms with E-state index in [2.05, 4.69) is 6.58 Å². The fourth-order valence-electron chi connectivity index (χ4n) is 1.66. The van der Waals surface area contributed by atoms with Crippen LogP contribution in [0.2, 0.25) is 0 Å². The van der Waals surface area contributed by atoms with E-state index in [0.29, 0.717) is 4.90 Å². The van der Waals surface area contributed by atoms with Gasteiger partial charge in [0.25, 0.3) is 5.91 Å². The van der Waals surface area contributed by atoms with E-state index in [0.717, 1.165) is 30.3 Å². The van der Waals surface area contributed by atoms with Gasteiger partial charge in [0.15, 0.2) is 0 Å². The van der Waals surface area contributed by atoms with E-state index >= 15 is 0 Å². The molecule has 0 atom stereocenters. The second-order valence-corrected chi connectivity index (χ2v) is 6.34. The van der Waals surface area contributed by atoms with Gasteiger partial charge in [0, 0.05) is 12.1 Å². The van der Waals surface area contributed by atoms with E-state index in [9.17, 15) is 35.2 Å². The molecule has 1 aromatic rings. The first kappa shape index (κ1) is 19.1. The second-order valence-electron chi connectivity index (χ2n) is 4.42. The van der Waals surface area contributed by atoms with Crippen molar-refractivity contribution in [2.24, 2.45) is 0 Å². The monoisotopic (exact) mass is 357 g/mol. The molecule has 0 heterocycles. The van der Waals surface area contributed by atoms with E-state index in [1.54, 1.807) is 0 Å². The Morgan fingerprint density at radius 1 is 1.22 bits per heavy atom. The summed E-state index contributed by atoms with van der Waals surface area (Å²) in [5.41, 5.74) is -0.260. The number of hydrogen-bond donors (Lipinski definition) is 0. The SMILES string of the molecule is C=CCN(CC(F)(F)F)C(=O)c1ccc(S(=O)(=O)C(F)F)cc1. The molecule has 0 radical (unpaired) electrons. The lowest BCUT2D eigenvalue weighted by Gasteiger charge is -2.22. The van der Waals surface area contributed by atoms with Crippen molar-refractivity contribution in [3.63, 3.8) is 0 Å². The molecule has 10 heteroatoms. The molecule has 0 bridgehead atoms. The molecule has 128 valence electrons. The molecule has 1 aromatic carbocycles. The lowest BCUT2D eigenvalue weighted by molar-refractivity contribution is -0.139. The molecule has 0 spiro atoms. The van der Waals surface area contributed by atoms with Gasteiger partial charge < -0.3 is 4.90 Å². The number of hydrogen-bond acceptors (Lipinski definition) is 3. The molecule has 0 aliphatic heterocycles. The molecule has 0 N–H and O–H groups in total. The number of amides is 1. The zero-order valence-electron chi connectivity index (χ0n) is 11.6. The summed E-state index contributed by atoms with van der Waals surface area (Å²) in [5, 5.41) is 0. The van der Waals surface area contributed by atoms with Crippen LogP contribution in [0.15, 0.2) is 41.8 Å². The van der Waals surface area contributed by atoms with Crippen molar-refractivity contribution in [1.82, 2.24) is 4.90 Å². The Balaban J connectivity index is 3.06. The molecular weight excluding hydrogens is 345 g/mol. The molecule has 1 amide bonds. The van der Waals surface area contributed by atoms with E-state index in [1.165, 1.54) is 0 Å². The van der Waals surface area contributed by atoms with E-state index < -0.39 is 39.1 Å². The smallest absolute Gasteiger partial charge is 0.326 e. The Hall–Kier alpha value is -1.97. The molecule has 0 saturated heterocycles. The summed E-state index contributed by atoms with van der Waals surface area (Å²) in [7, 11) is -4.83. The molecule has 0 aliphatic rings. The van der Waals surface area contributed by atoms with Crippen molar-refractivity contribution < 1.29 is 35.2 Å². The lowest BCUT2D eigenvalue weighted by atomic mass is 10.2. The summed E-state index contributed by atoms with van der Waals surface area (Å²) in [6, 6.07) is 3.25. The normalized spacial score (nSPS) is 12.3. The number of carbonyl (C=O) groups is 1. The van der Waals surface area contributed by atoms with Crippen LogP contribution in [0.3, 0.4) is 0 Å². The fraction of sp³-hybridized carbons (Fsp3) is 0.308. The van der Waals surface area contributed by atoms with Gasteiger partial charge in [-0.2, -0.15) is 22.0 Å². The number of carbonyl (C=O) groups excluding carboxylic acids is 1. The predicted octanol–water partition coefficient (Wildman–Crippen LogP) is 2.87. The quantitative estimate of drug-likeness (QED) is 0.581. The third-order valence-electron chi connectivity index (χ3n) is 2.67. The largest absolute Gasteiger partial charge is 0.406 e. The van der Waals surface area contributed by atoms with E-state index in [1.807, 2.05) is 0 Å². The van der Waals surface area contributed by atoms with Crippen LogP contribution in [-0.2, 0) is 9.84 Å². The number of benzene rings is 1. The van der Waals surface area contributed by atoms with Gasteiger partial charge in [-0.3, -0.25) is 4.79 Å². The average Bonchev–Trinajstić information content (AvgIpc) is 2.44. The van der Waals surface area contributed by atoms with Crippen molar-refractivity contribution in [2.75, 3.05) is 13.1 Å². The number of nitrogens with zero attached hydrogens (tertiary/aromatic N) is 1. The van der Waals surface area contributed by atoms with Gasteiger partial charge in [0.05, 0.1) is 4.90 Å². The molecule has 0 aromatic heterocycles. The number of alkyl halides is 5. The zero-order valence-corrected chi connectivity index (χ0v) is 12.4. The highest BCUT2D eigenvalue weighted by Crippen LogP contribution is 2.21. The molecule has 4 nitrogen and oxygen atoms in total. The standard InChI is InChI=1S/C13H12F5NO3S/c1-2-7-19(8-13(16,17)18)11(20)9-3-5-10(6-4-9)23(21,22)12(14)15/h2-6,12H,1,7-8H2. The molecule has 0 saturated carbocycles. The van der Waals surface area contributed by atoms with E-state index in [-0.39, 0.29) is 12.1 Å². The van der Waals surface area contributed by atoms with Gasteiger partial charge >= 0.3 is 11.9 Å². The number of rotatable bonds is 6. The van der Waals surface area contributed by atoms with Crippen LogP contribution in [0.1, 0.15) is 10.4 Å². The summed E-state index contributed by atoms with van der Waals surface area (Å²) in [6.45, 7) is 1.35. The minimum Gasteiger partial charge on any atom is -0.326 e. The first-order valence-electron chi connectivity index (χ1n) is 6.08. The van der Waals surface area contributed by atoms with Gasteiger partial charge in [-0.15, -0.1) is 6.58 Å². The molecule has 0 unspecified atom stereocenters.